The predicted octanol–water partition coefficient (Wildman–Crippen LogP) is 2.36. The van der Waals surface area contributed by atoms with E-state index in [4.69, 9.17) is 0 Å². The molecule has 0 atom stereocenters. The Kier molecular flexibility index (Phi) is 3.62. The summed E-state index contributed by atoms with van der Waals surface area (Å²) in [6, 6.07) is 8.60. The second-order valence-corrected chi connectivity index (χ2v) is 5.38. The Morgan fingerprint density at radius 2 is 1.91 bits per heavy atom. The Hall–Kier alpha value is 0.206. The highest BCUT2D eigenvalue weighted by Gasteiger charge is 1.95. The minimum atomic E-state index is -0.166. The van der Waals surface area contributed by atoms with Gasteiger partial charge in [0.15, 0.2) is 0 Å². The Balaban J connectivity index is 2.91. The van der Waals surface area contributed by atoms with Gasteiger partial charge in [-0.15, -0.1) is 0 Å². The van der Waals surface area contributed by atoms with E-state index in [0.717, 1.165) is 5.57 Å². The van der Waals surface area contributed by atoms with Crippen LogP contribution in [0, 0.1) is 0 Å². The molecule has 0 aliphatic carbocycles. The Labute approximate surface area is 83.3 Å². The van der Waals surface area contributed by atoms with Gasteiger partial charge in [-0.3, -0.25) is 12.9 Å². The molecule has 1 rings (SSSR count). The van der Waals surface area contributed by atoms with Gasteiger partial charge in [0.25, 0.3) is 0 Å². The van der Waals surface area contributed by atoms with Crippen molar-refractivity contribution in [3.63, 3.8) is 0 Å². The normalized spacial score (nSPS) is 8.91. The first-order valence-corrected chi connectivity index (χ1v) is 8.15. The van der Waals surface area contributed by atoms with Gasteiger partial charge < -0.3 is 0 Å². The summed E-state index contributed by atoms with van der Waals surface area (Å²) in [6.07, 6.45) is 0. The van der Waals surface area contributed by atoms with E-state index in [0.29, 0.717) is 0 Å². The third kappa shape index (κ3) is 2.62. The van der Waals surface area contributed by atoms with Crippen LogP contribution >= 0.6 is 12.9 Å². The fourth-order valence-electron chi connectivity index (χ4n) is 0.878. The largest absolute Gasteiger partial charge is 0.506 e. The van der Waals surface area contributed by atoms with Crippen molar-refractivity contribution in [2.75, 3.05) is 0 Å². The molecule has 0 amide bonds. The number of rotatable bonds is 2. The van der Waals surface area contributed by atoms with Gasteiger partial charge in [-0.05, 0) is 12.5 Å². The lowest BCUT2D eigenvalue weighted by atomic mass is 10.1. The third-order valence-corrected chi connectivity index (χ3v) is 4.32. The molecule has 0 unspecified atom stereocenters. The third-order valence-electron chi connectivity index (χ3n) is 1.60. The maximum Gasteiger partial charge on any atom is 0.506 e. The fraction of sp³-hybridized carbons (Fsp3) is 0.111. The van der Waals surface area contributed by atoms with Crippen molar-refractivity contribution in [3.8, 4) is 0 Å². The first kappa shape index (κ1) is 9.30. The average Bonchev–Trinajstić information content (AvgIpc) is 2.05. The van der Waals surface area contributed by atoms with E-state index in [1.54, 1.807) is 0 Å². The molecule has 54 valence electrons. The second kappa shape index (κ2) is 4.29. The van der Waals surface area contributed by atoms with E-state index >= 15 is 0 Å². The van der Waals surface area contributed by atoms with Crippen molar-refractivity contribution < 1.29 is 0 Å². The first-order valence-electron chi connectivity index (χ1n) is 3.55. The molecule has 0 aliphatic rings. The van der Waals surface area contributed by atoms with Gasteiger partial charge >= 0.3 is 18.2 Å². The quantitative estimate of drug-likeness (QED) is 0.673. The van der Waals surface area contributed by atoms with Gasteiger partial charge in [0.05, 0.1) is 0 Å². The zero-order chi connectivity index (χ0) is 8.27. The summed E-state index contributed by atoms with van der Waals surface area (Å²) in [5, 5.41) is 0. The molecule has 0 saturated heterocycles. The molecule has 0 spiro atoms. The lowest BCUT2D eigenvalue weighted by Crippen LogP contribution is -2.06. The van der Waals surface area contributed by atoms with Crippen molar-refractivity contribution in [3.05, 3.63) is 36.4 Å². The summed E-state index contributed by atoms with van der Waals surface area (Å²) in [5.74, 6) is 0. The standard InChI is InChI=1S/C9H9.BrH.Mg/c1-8(2)9-6-4-3-5-7-9;;/h4-7H,1H2,2H3;1H;/q;;+1/p-1. The van der Waals surface area contributed by atoms with Gasteiger partial charge in [-0.25, -0.2) is 0 Å². The number of allylic oxidation sites excluding steroid dienone is 1. The van der Waals surface area contributed by atoms with Crippen molar-refractivity contribution >= 4 is 40.3 Å². The minimum absolute atomic E-state index is 0.166. The molecular weight excluding hydrogens is 212 g/mol. The molecule has 0 aromatic heterocycles. The first-order chi connectivity index (χ1) is 5.24. The molecule has 0 aliphatic heterocycles. The van der Waals surface area contributed by atoms with Crippen LogP contribution in [-0.4, -0.2) is 18.2 Å². The lowest BCUT2D eigenvalue weighted by Gasteiger charge is -1.99. The molecule has 0 saturated carbocycles. The average molecular weight is 221 g/mol. The zero-order valence-electron chi connectivity index (χ0n) is 6.60. The van der Waals surface area contributed by atoms with Crippen LogP contribution in [0.15, 0.2) is 30.8 Å². The summed E-state index contributed by atoms with van der Waals surface area (Å²) in [7, 11) is 0. The van der Waals surface area contributed by atoms with E-state index in [1.165, 1.54) is 9.26 Å². The van der Waals surface area contributed by atoms with Crippen molar-refractivity contribution in [2.24, 2.45) is 0 Å². The van der Waals surface area contributed by atoms with Crippen LogP contribution in [0.25, 0.3) is 5.57 Å². The van der Waals surface area contributed by atoms with E-state index < -0.39 is 0 Å². The highest BCUT2D eigenvalue weighted by molar-refractivity contribution is 9.23. The highest BCUT2D eigenvalue weighted by Crippen LogP contribution is 2.08. The van der Waals surface area contributed by atoms with E-state index in [9.17, 15) is 0 Å². The summed E-state index contributed by atoms with van der Waals surface area (Å²) in [6.45, 7) is 5.91. The zero-order valence-corrected chi connectivity index (χ0v) is 9.60. The van der Waals surface area contributed by atoms with Crippen LogP contribution in [0.3, 0.4) is 0 Å². The molecule has 0 nitrogen and oxygen atoms in total. The summed E-state index contributed by atoms with van der Waals surface area (Å²) >= 11 is 3.37. The highest BCUT2D eigenvalue weighted by atomic mass is 79.9. The maximum absolute atomic E-state index is 3.88. The molecule has 0 heterocycles. The molecule has 1 aromatic carbocycles. The molecule has 2 heteroatoms. The Morgan fingerprint density at radius 1 is 1.36 bits per heavy atom. The van der Waals surface area contributed by atoms with Gasteiger partial charge in [0.2, 0.25) is 0 Å². The van der Waals surface area contributed by atoms with Crippen LogP contribution in [0.4, 0.5) is 0 Å². The monoisotopic (exact) mass is 220 g/mol. The summed E-state index contributed by atoms with van der Waals surface area (Å²) < 4.78 is 1.44. The molecular formula is C9H9BrMg. The minimum Gasteiger partial charge on any atom is -0.296 e. The Bertz CT molecular complexity index is 251. The van der Waals surface area contributed by atoms with Gasteiger partial charge in [0, 0.05) is 0 Å². The lowest BCUT2D eigenvalue weighted by molar-refractivity contribution is 1.61. The van der Waals surface area contributed by atoms with Crippen molar-refractivity contribution in [1.29, 1.82) is 0 Å². The van der Waals surface area contributed by atoms with Gasteiger partial charge in [0.1, 0.15) is 0 Å². The van der Waals surface area contributed by atoms with Crippen LogP contribution in [0.2, 0.25) is 0 Å². The fourth-order valence-corrected chi connectivity index (χ4v) is 2.41. The molecule has 11 heavy (non-hydrogen) atoms. The van der Waals surface area contributed by atoms with Crippen molar-refractivity contribution in [1.82, 2.24) is 0 Å². The summed E-state index contributed by atoms with van der Waals surface area (Å²) in [5.41, 5.74) is 2.37. The topological polar surface area (TPSA) is 0 Å². The maximum atomic E-state index is 3.88. The van der Waals surface area contributed by atoms with Gasteiger partial charge in [-0.1, -0.05) is 36.4 Å². The van der Waals surface area contributed by atoms with Crippen LogP contribution in [-0.2, 0) is 0 Å². The van der Waals surface area contributed by atoms with Crippen LogP contribution in [0.1, 0.15) is 12.5 Å². The Morgan fingerprint density at radius 3 is 2.27 bits per heavy atom. The molecule has 0 N–H and O–H groups in total. The number of hydrogen-bond donors (Lipinski definition) is 0. The summed E-state index contributed by atoms with van der Waals surface area (Å²) in [4.78, 5) is 0. The van der Waals surface area contributed by atoms with Crippen LogP contribution < -0.4 is 3.69 Å². The van der Waals surface area contributed by atoms with Crippen molar-refractivity contribution in [2.45, 2.75) is 6.92 Å². The molecule has 0 bridgehead atoms. The van der Waals surface area contributed by atoms with E-state index in [1.807, 2.05) is 6.92 Å². The SMILES string of the molecule is C=C(C)c1cc[c]([Mg][Br])cc1. The van der Waals surface area contributed by atoms with Crippen LogP contribution in [0.5, 0.6) is 0 Å². The number of halogens is 1. The molecule has 0 radical (unpaired) electrons. The number of benzene rings is 1. The smallest absolute Gasteiger partial charge is 0.296 e. The number of hydrogen-bond acceptors (Lipinski definition) is 0. The second-order valence-electron chi connectivity index (χ2n) is 2.61. The molecule has 0 fully saturated rings. The van der Waals surface area contributed by atoms with E-state index in [2.05, 4.69) is 43.7 Å². The predicted molar refractivity (Wildman–Crippen MR) is 55.5 cm³/mol. The molecule has 1 aromatic rings. The van der Waals surface area contributed by atoms with Gasteiger partial charge in [-0.2, -0.15) is 3.69 Å². The van der Waals surface area contributed by atoms with E-state index in [-0.39, 0.29) is 18.2 Å².